The molecule has 152 valence electrons. The minimum absolute atomic E-state index is 0.0752. The van der Waals surface area contributed by atoms with Gasteiger partial charge in [-0.25, -0.2) is 8.42 Å². The average Bonchev–Trinajstić information content (AvgIpc) is 2.74. The van der Waals surface area contributed by atoms with Crippen molar-refractivity contribution in [2.45, 2.75) is 48.8 Å². The van der Waals surface area contributed by atoms with E-state index in [2.05, 4.69) is 5.32 Å². The van der Waals surface area contributed by atoms with Gasteiger partial charge in [-0.15, -0.1) is 0 Å². The standard InChI is InChI=1S/C22H30N2O3S/c25-21(24-13-11-23-12-14-24)22-10-9-16-5-1-2-6-17(16)19(22)15-28(26,27)20-8-4-3-7-18(20)22/h3-4,7-8,16-17,19,23H,1-2,5-6,9-15H2. The van der Waals surface area contributed by atoms with Gasteiger partial charge in [-0.05, 0) is 48.6 Å². The number of carbonyl (C=O) groups excluding carboxylic acids is 1. The van der Waals surface area contributed by atoms with Crippen molar-refractivity contribution in [2.24, 2.45) is 17.8 Å². The van der Waals surface area contributed by atoms with E-state index >= 15 is 0 Å². The van der Waals surface area contributed by atoms with E-state index in [-0.39, 0.29) is 17.6 Å². The molecular weight excluding hydrogens is 372 g/mol. The Balaban J connectivity index is 1.67. The van der Waals surface area contributed by atoms with Crippen molar-refractivity contribution >= 4 is 15.7 Å². The molecule has 4 aliphatic rings. The lowest BCUT2D eigenvalue weighted by Crippen LogP contribution is -2.62. The summed E-state index contributed by atoms with van der Waals surface area (Å²) in [6.07, 6.45) is 6.53. The van der Waals surface area contributed by atoms with E-state index in [1.54, 1.807) is 12.1 Å². The Labute approximate surface area is 167 Å². The maximum Gasteiger partial charge on any atom is 0.233 e. The fraction of sp³-hybridized carbons (Fsp3) is 0.682. The minimum atomic E-state index is -3.35. The zero-order valence-corrected chi connectivity index (χ0v) is 17.2. The van der Waals surface area contributed by atoms with Crippen molar-refractivity contribution in [1.29, 1.82) is 0 Å². The van der Waals surface area contributed by atoms with Gasteiger partial charge in [0.15, 0.2) is 9.84 Å². The van der Waals surface area contributed by atoms with Crippen molar-refractivity contribution in [3.05, 3.63) is 29.8 Å². The number of amides is 1. The van der Waals surface area contributed by atoms with Crippen LogP contribution in [0, 0.1) is 17.8 Å². The van der Waals surface area contributed by atoms with Crippen LogP contribution in [0.4, 0.5) is 0 Å². The van der Waals surface area contributed by atoms with Crippen molar-refractivity contribution in [1.82, 2.24) is 10.2 Å². The Bertz CT molecular complexity index is 878. The molecule has 5 rings (SSSR count). The second kappa shape index (κ2) is 6.84. The summed E-state index contributed by atoms with van der Waals surface area (Å²) < 4.78 is 26.4. The summed E-state index contributed by atoms with van der Waals surface area (Å²) in [7, 11) is -3.35. The monoisotopic (exact) mass is 402 g/mol. The lowest BCUT2D eigenvalue weighted by Gasteiger charge is -2.55. The van der Waals surface area contributed by atoms with E-state index < -0.39 is 15.3 Å². The third-order valence-corrected chi connectivity index (χ3v) is 9.74. The zero-order chi connectivity index (χ0) is 19.4. The minimum Gasteiger partial charge on any atom is -0.339 e. The lowest BCUT2D eigenvalue weighted by atomic mass is 9.52. The number of hydrogen-bond acceptors (Lipinski definition) is 4. The summed E-state index contributed by atoms with van der Waals surface area (Å²) >= 11 is 0. The first-order valence-corrected chi connectivity index (χ1v) is 12.5. The van der Waals surface area contributed by atoms with Gasteiger partial charge in [0.05, 0.1) is 16.1 Å². The molecule has 2 heterocycles. The maximum absolute atomic E-state index is 14.1. The number of carbonyl (C=O) groups is 1. The number of nitrogens with zero attached hydrogens (tertiary/aromatic N) is 1. The summed E-state index contributed by atoms with van der Waals surface area (Å²) in [4.78, 5) is 16.5. The summed E-state index contributed by atoms with van der Waals surface area (Å²) in [5.74, 6) is 1.20. The van der Waals surface area contributed by atoms with Gasteiger partial charge in [0.2, 0.25) is 5.91 Å². The molecule has 2 saturated carbocycles. The van der Waals surface area contributed by atoms with Crippen LogP contribution in [-0.2, 0) is 20.0 Å². The smallest absolute Gasteiger partial charge is 0.233 e. The van der Waals surface area contributed by atoms with Crippen LogP contribution in [0.2, 0.25) is 0 Å². The summed E-state index contributed by atoms with van der Waals surface area (Å²) in [5.41, 5.74) is 0.136. The van der Waals surface area contributed by atoms with Gasteiger partial charge in [-0.1, -0.05) is 37.5 Å². The predicted octanol–water partition coefficient (Wildman–Crippen LogP) is 2.36. The molecule has 3 fully saturated rings. The van der Waals surface area contributed by atoms with E-state index in [9.17, 15) is 13.2 Å². The third-order valence-electron chi connectivity index (χ3n) is 7.91. The van der Waals surface area contributed by atoms with E-state index in [4.69, 9.17) is 0 Å². The Morgan fingerprint density at radius 2 is 1.82 bits per heavy atom. The Morgan fingerprint density at radius 1 is 1.07 bits per heavy atom. The molecule has 1 amide bonds. The highest BCUT2D eigenvalue weighted by Crippen LogP contribution is 2.57. The topological polar surface area (TPSA) is 66.5 Å². The Kier molecular flexibility index (Phi) is 4.55. The van der Waals surface area contributed by atoms with Gasteiger partial charge in [0.1, 0.15) is 0 Å². The van der Waals surface area contributed by atoms with Crippen LogP contribution in [-0.4, -0.2) is 51.2 Å². The number of sulfone groups is 1. The van der Waals surface area contributed by atoms with Crippen LogP contribution >= 0.6 is 0 Å². The molecule has 4 atom stereocenters. The van der Waals surface area contributed by atoms with E-state index in [1.807, 2.05) is 17.0 Å². The van der Waals surface area contributed by atoms with Crippen LogP contribution in [0.3, 0.4) is 0 Å². The van der Waals surface area contributed by atoms with Crippen LogP contribution in [0.5, 0.6) is 0 Å². The molecule has 2 aliphatic carbocycles. The van der Waals surface area contributed by atoms with Crippen molar-refractivity contribution in [3.63, 3.8) is 0 Å². The first kappa shape index (κ1) is 18.6. The largest absolute Gasteiger partial charge is 0.339 e. The normalized spacial score (nSPS) is 36.7. The Hall–Kier alpha value is -1.40. The quantitative estimate of drug-likeness (QED) is 0.783. The molecule has 0 radical (unpaired) electrons. The van der Waals surface area contributed by atoms with E-state index in [0.717, 1.165) is 57.4 Å². The van der Waals surface area contributed by atoms with Crippen molar-refractivity contribution in [2.75, 3.05) is 31.9 Å². The van der Waals surface area contributed by atoms with E-state index in [0.29, 0.717) is 16.7 Å². The molecule has 1 aromatic carbocycles. The van der Waals surface area contributed by atoms with Crippen molar-refractivity contribution in [3.8, 4) is 0 Å². The maximum atomic E-state index is 14.1. The van der Waals surface area contributed by atoms with E-state index in [1.165, 1.54) is 12.8 Å². The van der Waals surface area contributed by atoms with Gasteiger partial charge < -0.3 is 10.2 Å². The number of fused-ring (bicyclic) bond motifs is 5. The molecule has 1 N–H and O–H groups in total. The van der Waals surface area contributed by atoms with Gasteiger partial charge >= 0.3 is 0 Å². The molecule has 0 aromatic heterocycles. The second-order valence-electron chi connectivity index (χ2n) is 9.14. The molecule has 4 unspecified atom stereocenters. The molecule has 5 nitrogen and oxygen atoms in total. The molecule has 6 heteroatoms. The fourth-order valence-electron chi connectivity index (χ4n) is 6.65. The SMILES string of the molecule is O=C(N1CCNCC1)C12CCC3CCCCC3C1CS(=O)(=O)c1ccccc12. The van der Waals surface area contributed by atoms with Gasteiger partial charge in [-0.3, -0.25) is 4.79 Å². The number of rotatable bonds is 1. The molecular formula is C22H30N2O3S. The van der Waals surface area contributed by atoms with Crippen LogP contribution < -0.4 is 5.32 Å². The summed E-state index contributed by atoms with van der Waals surface area (Å²) in [5, 5.41) is 3.33. The van der Waals surface area contributed by atoms with Crippen LogP contribution in [0.1, 0.15) is 44.1 Å². The number of benzene rings is 1. The number of piperazine rings is 1. The first-order chi connectivity index (χ1) is 13.5. The second-order valence-corrected chi connectivity index (χ2v) is 11.1. The van der Waals surface area contributed by atoms with Gasteiger partial charge in [0.25, 0.3) is 0 Å². The highest BCUT2D eigenvalue weighted by atomic mass is 32.2. The molecule has 2 aliphatic heterocycles. The first-order valence-electron chi connectivity index (χ1n) is 10.9. The number of hydrogen-bond donors (Lipinski definition) is 1. The molecule has 1 saturated heterocycles. The molecule has 0 spiro atoms. The van der Waals surface area contributed by atoms with Crippen LogP contribution in [0.15, 0.2) is 29.2 Å². The fourth-order valence-corrected chi connectivity index (χ4v) is 8.71. The van der Waals surface area contributed by atoms with Crippen LogP contribution in [0.25, 0.3) is 0 Å². The Morgan fingerprint density at radius 3 is 2.64 bits per heavy atom. The predicted molar refractivity (Wildman–Crippen MR) is 108 cm³/mol. The lowest BCUT2D eigenvalue weighted by molar-refractivity contribution is -0.145. The van der Waals surface area contributed by atoms with Crippen molar-refractivity contribution < 1.29 is 13.2 Å². The van der Waals surface area contributed by atoms with Gasteiger partial charge in [-0.2, -0.15) is 0 Å². The third kappa shape index (κ3) is 2.67. The summed E-state index contributed by atoms with van der Waals surface area (Å²) in [6, 6.07) is 7.37. The highest BCUT2D eigenvalue weighted by molar-refractivity contribution is 7.91. The average molecular weight is 403 g/mol. The van der Waals surface area contributed by atoms with Gasteiger partial charge in [0, 0.05) is 26.2 Å². The molecule has 28 heavy (non-hydrogen) atoms. The zero-order valence-electron chi connectivity index (χ0n) is 16.4. The molecule has 0 bridgehead atoms. The molecule has 1 aromatic rings. The highest BCUT2D eigenvalue weighted by Gasteiger charge is 2.60. The summed E-state index contributed by atoms with van der Waals surface area (Å²) in [6.45, 7) is 3.07. The number of nitrogens with one attached hydrogen (secondary N) is 1.